The summed E-state index contributed by atoms with van der Waals surface area (Å²) in [6.45, 7) is 6.21. The molecular weight excluding hydrogens is 268 g/mol. The summed E-state index contributed by atoms with van der Waals surface area (Å²) < 4.78 is 5.66. The molecule has 0 unspecified atom stereocenters. The molecule has 112 valence electrons. The van der Waals surface area contributed by atoms with Crippen molar-refractivity contribution in [2.24, 2.45) is 0 Å². The molecule has 0 aliphatic carbocycles. The Balaban J connectivity index is 2.13. The average Bonchev–Trinajstić information content (AvgIpc) is 2.84. The number of carbonyl (C=O) groups is 1. The van der Waals surface area contributed by atoms with E-state index in [0.717, 1.165) is 37.1 Å². The molecule has 3 rings (SSSR count). The molecule has 1 amide bonds. The van der Waals surface area contributed by atoms with Crippen LogP contribution in [0.2, 0.25) is 0 Å². The molecule has 0 aromatic carbocycles. The zero-order chi connectivity index (χ0) is 14.8. The van der Waals surface area contributed by atoms with Crippen LogP contribution in [0.5, 0.6) is 0 Å². The lowest BCUT2D eigenvalue weighted by atomic mass is 10.1. The molecule has 2 aromatic rings. The van der Waals surface area contributed by atoms with Crippen LogP contribution in [0, 0.1) is 6.92 Å². The molecule has 0 saturated carbocycles. The van der Waals surface area contributed by atoms with E-state index in [2.05, 4.69) is 20.2 Å². The lowest BCUT2D eigenvalue weighted by Gasteiger charge is -2.28. The van der Waals surface area contributed by atoms with Gasteiger partial charge in [-0.2, -0.15) is 0 Å². The summed E-state index contributed by atoms with van der Waals surface area (Å²) in [6, 6.07) is 0. The number of anilines is 1. The van der Waals surface area contributed by atoms with Crippen LogP contribution in [0.25, 0.3) is 11.1 Å². The van der Waals surface area contributed by atoms with Crippen LogP contribution >= 0.6 is 0 Å². The van der Waals surface area contributed by atoms with E-state index in [1.54, 1.807) is 6.92 Å². The monoisotopic (exact) mass is 288 g/mol. The predicted molar refractivity (Wildman–Crippen MR) is 80.6 cm³/mol. The minimum Gasteiger partial charge on any atom is -0.442 e. The smallest absolute Gasteiger partial charge is 0.255 e. The Morgan fingerprint density at radius 3 is 2.81 bits per heavy atom. The molecule has 2 aromatic heterocycles. The van der Waals surface area contributed by atoms with Crippen molar-refractivity contribution in [2.45, 2.75) is 33.1 Å². The van der Waals surface area contributed by atoms with Crippen molar-refractivity contribution in [3.63, 3.8) is 0 Å². The second-order valence-corrected chi connectivity index (χ2v) is 5.32. The Morgan fingerprint density at radius 2 is 2.10 bits per heavy atom. The van der Waals surface area contributed by atoms with Gasteiger partial charge in [-0.3, -0.25) is 4.79 Å². The van der Waals surface area contributed by atoms with Crippen LogP contribution in [0.3, 0.4) is 0 Å². The van der Waals surface area contributed by atoms with E-state index in [-0.39, 0.29) is 5.91 Å². The number of rotatable bonds is 3. The number of nitrogens with one attached hydrogen (secondary N) is 1. The molecule has 6 heteroatoms. The van der Waals surface area contributed by atoms with Gasteiger partial charge in [-0.1, -0.05) is 0 Å². The highest BCUT2D eigenvalue weighted by Crippen LogP contribution is 2.32. The molecular formula is C15H20N4O2. The lowest BCUT2D eigenvalue weighted by Crippen LogP contribution is -2.31. The molecule has 1 fully saturated rings. The van der Waals surface area contributed by atoms with Gasteiger partial charge in [0.1, 0.15) is 17.9 Å². The quantitative estimate of drug-likeness (QED) is 0.938. The Labute approximate surface area is 123 Å². The van der Waals surface area contributed by atoms with E-state index in [1.165, 1.54) is 12.7 Å². The first-order valence-corrected chi connectivity index (χ1v) is 7.49. The predicted octanol–water partition coefficient (Wildman–Crippen LogP) is 2.27. The normalized spacial score (nSPS) is 15.4. The van der Waals surface area contributed by atoms with Crippen LogP contribution in [0.4, 0.5) is 5.82 Å². The molecule has 1 N–H and O–H groups in total. The van der Waals surface area contributed by atoms with Gasteiger partial charge in [-0.15, -0.1) is 0 Å². The summed E-state index contributed by atoms with van der Waals surface area (Å²) in [6.07, 6.45) is 5.06. The van der Waals surface area contributed by atoms with Crippen LogP contribution < -0.4 is 10.2 Å². The first kappa shape index (κ1) is 13.9. The van der Waals surface area contributed by atoms with E-state index in [0.29, 0.717) is 23.6 Å². The number of amides is 1. The number of nitrogens with zero attached hydrogens (tertiary/aromatic N) is 3. The Morgan fingerprint density at radius 1 is 1.33 bits per heavy atom. The number of hydrogen-bond acceptors (Lipinski definition) is 5. The van der Waals surface area contributed by atoms with Crippen molar-refractivity contribution in [3.8, 4) is 0 Å². The van der Waals surface area contributed by atoms with E-state index in [4.69, 9.17) is 4.42 Å². The van der Waals surface area contributed by atoms with Crippen LogP contribution in [-0.4, -0.2) is 35.5 Å². The molecule has 3 heterocycles. The standard InChI is InChI=1S/C15H20N4O2/c1-3-16-14(20)11-10(2)21-15-12(11)13(17-9-18-15)19-7-5-4-6-8-19/h9H,3-8H2,1-2H3,(H,16,20). The van der Waals surface area contributed by atoms with E-state index >= 15 is 0 Å². The largest absolute Gasteiger partial charge is 0.442 e. The summed E-state index contributed by atoms with van der Waals surface area (Å²) in [5.41, 5.74) is 1.05. The number of piperidine rings is 1. The van der Waals surface area contributed by atoms with Crippen molar-refractivity contribution in [1.82, 2.24) is 15.3 Å². The maximum Gasteiger partial charge on any atom is 0.255 e. The van der Waals surface area contributed by atoms with E-state index in [1.807, 2.05) is 6.92 Å². The first-order valence-electron chi connectivity index (χ1n) is 7.49. The zero-order valence-electron chi connectivity index (χ0n) is 12.5. The molecule has 1 aliphatic heterocycles. The van der Waals surface area contributed by atoms with Crippen molar-refractivity contribution in [2.75, 3.05) is 24.5 Å². The first-order chi connectivity index (χ1) is 10.2. The summed E-state index contributed by atoms with van der Waals surface area (Å²) in [4.78, 5) is 23.2. The number of hydrogen-bond donors (Lipinski definition) is 1. The van der Waals surface area contributed by atoms with Crippen LogP contribution in [0.15, 0.2) is 10.7 Å². The van der Waals surface area contributed by atoms with Gasteiger partial charge in [0.05, 0.1) is 10.9 Å². The van der Waals surface area contributed by atoms with Gasteiger partial charge in [0.15, 0.2) is 0 Å². The van der Waals surface area contributed by atoms with Gasteiger partial charge in [0.25, 0.3) is 5.91 Å². The summed E-state index contributed by atoms with van der Waals surface area (Å²) >= 11 is 0. The zero-order valence-corrected chi connectivity index (χ0v) is 12.5. The third kappa shape index (κ3) is 2.46. The average molecular weight is 288 g/mol. The molecule has 1 aliphatic rings. The van der Waals surface area contributed by atoms with Crippen molar-refractivity contribution in [1.29, 1.82) is 0 Å². The Bertz CT molecular complexity index is 659. The fraction of sp³-hybridized carbons (Fsp3) is 0.533. The molecule has 21 heavy (non-hydrogen) atoms. The van der Waals surface area contributed by atoms with Crippen molar-refractivity contribution >= 4 is 22.8 Å². The molecule has 0 bridgehead atoms. The van der Waals surface area contributed by atoms with Gasteiger partial charge < -0.3 is 14.6 Å². The van der Waals surface area contributed by atoms with Gasteiger partial charge in [0, 0.05) is 19.6 Å². The molecule has 0 radical (unpaired) electrons. The minimum atomic E-state index is -0.123. The number of furan rings is 1. The molecule has 6 nitrogen and oxygen atoms in total. The van der Waals surface area contributed by atoms with Crippen LogP contribution in [0.1, 0.15) is 42.3 Å². The van der Waals surface area contributed by atoms with Crippen molar-refractivity contribution < 1.29 is 9.21 Å². The maximum atomic E-state index is 12.3. The van der Waals surface area contributed by atoms with Gasteiger partial charge in [-0.25, -0.2) is 9.97 Å². The van der Waals surface area contributed by atoms with Crippen molar-refractivity contribution in [3.05, 3.63) is 17.7 Å². The number of carbonyl (C=O) groups excluding carboxylic acids is 1. The topological polar surface area (TPSA) is 71.3 Å². The highest BCUT2D eigenvalue weighted by atomic mass is 16.3. The van der Waals surface area contributed by atoms with E-state index in [9.17, 15) is 4.79 Å². The second-order valence-electron chi connectivity index (χ2n) is 5.32. The maximum absolute atomic E-state index is 12.3. The summed E-state index contributed by atoms with van der Waals surface area (Å²) in [5, 5.41) is 3.58. The fourth-order valence-electron chi connectivity index (χ4n) is 2.90. The second kappa shape index (κ2) is 5.71. The summed E-state index contributed by atoms with van der Waals surface area (Å²) in [7, 11) is 0. The molecule has 0 spiro atoms. The van der Waals surface area contributed by atoms with Gasteiger partial charge >= 0.3 is 0 Å². The molecule has 0 atom stereocenters. The Hall–Kier alpha value is -2.11. The fourth-order valence-corrected chi connectivity index (χ4v) is 2.90. The number of aromatic nitrogens is 2. The highest BCUT2D eigenvalue weighted by Gasteiger charge is 2.25. The minimum absolute atomic E-state index is 0.123. The van der Waals surface area contributed by atoms with Gasteiger partial charge in [0.2, 0.25) is 5.71 Å². The Kier molecular flexibility index (Phi) is 3.77. The SMILES string of the molecule is CCNC(=O)c1c(C)oc2ncnc(N3CCCCC3)c12. The molecule has 1 saturated heterocycles. The van der Waals surface area contributed by atoms with E-state index < -0.39 is 0 Å². The third-order valence-electron chi connectivity index (χ3n) is 3.86. The van der Waals surface area contributed by atoms with Crippen LogP contribution in [-0.2, 0) is 0 Å². The van der Waals surface area contributed by atoms with Gasteiger partial charge in [-0.05, 0) is 33.1 Å². The lowest BCUT2D eigenvalue weighted by molar-refractivity contribution is 0.0955. The highest BCUT2D eigenvalue weighted by molar-refractivity contribution is 6.10. The third-order valence-corrected chi connectivity index (χ3v) is 3.86. The summed E-state index contributed by atoms with van der Waals surface area (Å²) in [5.74, 6) is 1.29. The number of fused-ring (bicyclic) bond motifs is 1. The number of aryl methyl sites for hydroxylation is 1.